The van der Waals surface area contributed by atoms with Gasteiger partial charge in [-0.3, -0.25) is 4.79 Å². The molecule has 0 amide bonds. The van der Waals surface area contributed by atoms with E-state index in [2.05, 4.69) is 29.1 Å². The predicted octanol–water partition coefficient (Wildman–Crippen LogP) is 6.12. The van der Waals surface area contributed by atoms with Gasteiger partial charge < -0.3 is 13.9 Å². The number of carbonyl (C=O) groups excluding carboxylic acids is 1. The second-order valence-electron chi connectivity index (χ2n) is 6.06. The first-order chi connectivity index (χ1) is 12.9. The maximum Gasteiger partial charge on any atom is 0.229 e. The second kappa shape index (κ2) is 7.45. The summed E-state index contributed by atoms with van der Waals surface area (Å²) in [4.78, 5) is 13.2. The molecule has 0 aliphatic carbocycles. The number of furan rings is 1. The number of benzene rings is 2. The monoisotopic (exact) mass is 426 g/mol. The van der Waals surface area contributed by atoms with Crippen molar-refractivity contribution in [3.8, 4) is 11.5 Å². The van der Waals surface area contributed by atoms with Gasteiger partial charge in [-0.2, -0.15) is 0 Å². The first-order valence-electron chi connectivity index (χ1n) is 8.21. The minimum Gasteiger partial charge on any atom is -0.496 e. The van der Waals surface area contributed by atoms with Gasteiger partial charge in [-0.25, -0.2) is 0 Å². The number of halogens is 1. The van der Waals surface area contributed by atoms with E-state index in [1.54, 1.807) is 26.4 Å². The summed E-state index contributed by atoms with van der Waals surface area (Å²) in [5.74, 6) is 1.33. The van der Waals surface area contributed by atoms with Crippen LogP contribution in [0, 0.1) is 0 Å². The highest BCUT2D eigenvalue weighted by molar-refractivity contribution is 9.10. The number of hydrogen-bond acceptors (Lipinski definition) is 4. The summed E-state index contributed by atoms with van der Waals surface area (Å²) in [6.45, 7) is 9.56. The average molecular weight is 427 g/mol. The van der Waals surface area contributed by atoms with Gasteiger partial charge in [0, 0.05) is 31.9 Å². The van der Waals surface area contributed by atoms with Gasteiger partial charge in [-0.05, 0) is 36.8 Å². The lowest BCUT2D eigenvalue weighted by molar-refractivity contribution is 0.101. The number of allylic oxidation sites excluding steroid dienone is 1. The molecular weight excluding hydrogens is 408 g/mol. The normalized spacial score (nSPS) is 10.7. The molecule has 4 nitrogen and oxygen atoms in total. The van der Waals surface area contributed by atoms with Crippen molar-refractivity contribution >= 4 is 44.1 Å². The molecule has 2 aromatic carbocycles. The zero-order valence-electron chi connectivity index (χ0n) is 15.4. The fraction of sp³-hybridized carbons (Fsp3) is 0.136. The molecule has 0 radical (unpaired) electrons. The van der Waals surface area contributed by atoms with Crippen LogP contribution < -0.4 is 9.47 Å². The van der Waals surface area contributed by atoms with Crippen molar-refractivity contribution in [2.75, 3.05) is 14.2 Å². The number of ketones is 1. The number of hydrogen-bond donors (Lipinski definition) is 0. The van der Waals surface area contributed by atoms with E-state index < -0.39 is 0 Å². The largest absolute Gasteiger partial charge is 0.496 e. The molecule has 0 bridgehead atoms. The van der Waals surface area contributed by atoms with Crippen LogP contribution in [0.5, 0.6) is 11.5 Å². The number of fused-ring (bicyclic) bond motifs is 1. The lowest BCUT2D eigenvalue weighted by Gasteiger charge is -2.12. The fourth-order valence-corrected chi connectivity index (χ4v) is 3.62. The van der Waals surface area contributed by atoms with Crippen LogP contribution in [0.25, 0.3) is 22.4 Å². The van der Waals surface area contributed by atoms with Gasteiger partial charge in [0.2, 0.25) is 5.78 Å². The van der Waals surface area contributed by atoms with E-state index in [9.17, 15) is 4.79 Å². The predicted molar refractivity (Wildman–Crippen MR) is 112 cm³/mol. The van der Waals surface area contributed by atoms with Crippen LogP contribution in [-0.2, 0) is 0 Å². The number of rotatable bonds is 6. The zero-order valence-corrected chi connectivity index (χ0v) is 17.0. The van der Waals surface area contributed by atoms with Crippen molar-refractivity contribution in [1.82, 2.24) is 0 Å². The van der Waals surface area contributed by atoms with Gasteiger partial charge in [0.1, 0.15) is 11.5 Å². The molecule has 3 rings (SSSR count). The van der Waals surface area contributed by atoms with E-state index in [1.165, 1.54) is 6.26 Å². The standard InChI is InChI=1S/C22H19BrO4/c1-6-13-11-27-22(20(13)12(2)3)21(24)16-9-14-15(10-17(16)23)19(26-5)8-7-18(14)25-4/h6-11H,1-2H2,3-5H3. The van der Waals surface area contributed by atoms with E-state index in [1.807, 2.05) is 25.1 Å². The van der Waals surface area contributed by atoms with Gasteiger partial charge in [-0.15, -0.1) is 0 Å². The molecule has 0 aliphatic heterocycles. The maximum atomic E-state index is 13.2. The van der Waals surface area contributed by atoms with Crippen molar-refractivity contribution < 1.29 is 18.7 Å². The van der Waals surface area contributed by atoms with E-state index in [0.29, 0.717) is 27.1 Å². The van der Waals surface area contributed by atoms with Crippen LogP contribution in [-0.4, -0.2) is 20.0 Å². The SMILES string of the molecule is C=Cc1coc(C(=O)c2cc3c(OC)ccc(OC)c3cc2Br)c1C(=C)C. The Labute approximate surface area is 166 Å². The van der Waals surface area contributed by atoms with E-state index in [0.717, 1.165) is 21.9 Å². The summed E-state index contributed by atoms with van der Waals surface area (Å²) >= 11 is 3.51. The van der Waals surface area contributed by atoms with E-state index in [4.69, 9.17) is 13.9 Å². The molecule has 27 heavy (non-hydrogen) atoms. The van der Waals surface area contributed by atoms with E-state index >= 15 is 0 Å². The molecule has 5 heteroatoms. The Morgan fingerprint density at radius 1 is 1.15 bits per heavy atom. The first-order valence-corrected chi connectivity index (χ1v) is 9.01. The molecule has 0 N–H and O–H groups in total. The van der Waals surface area contributed by atoms with Gasteiger partial charge in [0.05, 0.1) is 20.5 Å². The van der Waals surface area contributed by atoms with Crippen molar-refractivity contribution in [1.29, 1.82) is 0 Å². The molecule has 0 fully saturated rings. The Morgan fingerprint density at radius 3 is 2.26 bits per heavy atom. The highest BCUT2D eigenvalue weighted by atomic mass is 79.9. The van der Waals surface area contributed by atoms with Crippen molar-refractivity contribution in [2.45, 2.75) is 6.92 Å². The number of ether oxygens (including phenoxy) is 2. The molecule has 0 aliphatic rings. The summed E-state index contributed by atoms with van der Waals surface area (Å²) in [5, 5.41) is 1.61. The summed E-state index contributed by atoms with van der Waals surface area (Å²) < 4.78 is 17.1. The maximum absolute atomic E-state index is 13.2. The van der Waals surface area contributed by atoms with Crippen LogP contribution in [0.15, 0.2) is 52.6 Å². The summed E-state index contributed by atoms with van der Waals surface area (Å²) in [6.07, 6.45) is 3.16. The highest BCUT2D eigenvalue weighted by Gasteiger charge is 2.24. The van der Waals surface area contributed by atoms with Crippen molar-refractivity contribution in [3.63, 3.8) is 0 Å². The zero-order chi connectivity index (χ0) is 19.7. The lowest BCUT2D eigenvalue weighted by Crippen LogP contribution is -2.04. The molecule has 0 saturated heterocycles. The first kappa shape index (κ1) is 19.0. The molecule has 0 atom stereocenters. The summed E-state index contributed by atoms with van der Waals surface area (Å²) in [5.41, 5.74) is 2.60. The lowest BCUT2D eigenvalue weighted by atomic mass is 9.97. The van der Waals surface area contributed by atoms with Gasteiger partial charge in [0.25, 0.3) is 0 Å². The Balaban J connectivity index is 2.25. The van der Waals surface area contributed by atoms with Crippen LogP contribution >= 0.6 is 15.9 Å². The Morgan fingerprint density at radius 2 is 1.74 bits per heavy atom. The average Bonchev–Trinajstić information content (AvgIpc) is 3.10. The van der Waals surface area contributed by atoms with Crippen molar-refractivity contribution in [2.24, 2.45) is 0 Å². The third kappa shape index (κ3) is 3.19. The van der Waals surface area contributed by atoms with Crippen LogP contribution in [0.1, 0.15) is 34.2 Å². The van der Waals surface area contributed by atoms with Crippen molar-refractivity contribution in [3.05, 3.63) is 70.6 Å². The molecular formula is C22H19BrO4. The fourth-order valence-electron chi connectivity index (χ4n) is 3.09. The molecule has 1 aromatic heterocycles. The number of methoxy groups -OCH3 is 2. The molecule has 3 aromatic rings. The van der Waals surface area contributed by atoms with E-state index in [-0.39, 0.29) is 11.5 Å². The minimum atomic E-state index is -0.250. The molecule has 138 valence electrons. The molecule has 0 spiro atoms. The summed E-state index contributed by atoms with van der Waals surface area (Å²) in [7, 11) is 3.19. The Kier molecular flexibility index (Phi) is 5.24. The van der Waals surface area contributed by atoms with Crippen LogP contribution in [0.2, 0.25) is 0 Å². The molecule has 0 unspecified atom stereocenters. The molecule has 1 heterocycles. The third-order valence-electron chi connectivity index (χ3n) is 4.38. The third-order valence-corrected chi connectivity index (χ3v) is 5.04. The Bertz CT molecular complexity index is 1080. The molecule has 0 saturated carbocycles. The minimum absolute atomic E-state index is 0.235. The quantitative estimate of drug-likeness (QED) is 0.445. The second-order valence-corrected chi connectivity index (χ2v) is 6.91. The Hall–Kier alpha value is -2.79. The van der Waals surface area contributed by atoms with Gasteiger partial charge >= 0.3 is 0 Å². The van der Waals surface area contributed by atoms with Crippen LogP contribution in [0.4, 0.5) is 0 Å². The summed E-state index contributed by atoms with van der Waals surface area (Å²) in [6, 6.07) is 7.27. The van der Waals surface area contributed by atoms with Gasteiger partial charge in [0.15, 0.2) is 5.76 Å². The topological polar surface area (TPSA) is 48.7 Å². The highest BCUT2D eigenvalue weighted by Crippen LogP contribution is 2.38. The van der Waals surface area contributed by atoms with Gasteiger partial charge in [-0.1, -0.05) is 35.2 Å². The van der Waals surface area contributed by atoms with Crippen LogP contribution in [0.3, 0.4) is 0 Å². The smallest absolute Gasteiger partial charge is 0.229 e. The number of carbonyl (C=O) groups is 1.